The van der Waals surface area contributed by atoms with Crippen LogP contribution in [0.15, 0.2) is 0 Å². The minimum absolute atomic E-state index is 0.0477. The molecule has 20 heavy (non-hydrogen) atoms. The second kappa shape index (κ2) is 5.98. The van der Waals surface area contributed by atoms with E-state index in [1.54, 1.807) is 6.92 Å². The molecule has 116 valence electrons. The fraction of sp³-hybridized carbons (Fsp3) is 0.933. The van der Waals surface area contributed by atoms with E-state index in [9.17, 15) is 10.4 Å². The Bertz CT molecular complexity index is 358. The normalized spacial score (nSPS) is 25.9. The minimum Gasteiger partial charge on any atom is -0.396 e. The summed E-state index contributed by atoms with van der Waals surface area (Å²) in [7, 11) is 0. The standard InChI is InChI=1S/C15H28N2O3/c1-13(2)9-12(19)10-14(3,4)17(13)20-15(5,11-16)7-6-8-18/h12,18-19H,6-10H2,1-5H3. The number of piperidine rings is 1. The van der Waals surface area contributed by atoms with Crippen molar-refractivity contribution < 1.29 is 15.1 Å². The molecule has 0 bridgehead atoms. The summed E-state index contributed by atoms with van der Waals surface area (Å²) in [5, 5.41) is 30.2. The van der Waals surface area contributed by atoms with Gasteiger partial charge in [-0.15, -0.1) is 0 Å². The van der Waals surface area contributed by atoms with Crippen LogP contribution in [-0.2, 0) is 4.84 Å². The van der Waals surface area contributed by atoms with Crippen molar-refractivity contribution in [3.63, 3.8) is 0 Å². The molecule has 0 radical (unpaired) electrons. The number of aliphatic hydroxyl groups is 2. The molecule has 5 heteroatoms. The first kappa shape index (κ1) is 17.4. The molecular weight excluding hydrogens is 256 g/mol. The zero-order chi connectivity index (χ0) is 15.6. The monoisotopic (exact) mass is 284 g/mol. The van der Waals surface area contributed by atoms with Crippen LogP contribution < -0.4 is 0 Å². The highest BCUT2D eigenvalue weighted by Gasteiger charge is 2.48. The van der Waals surface area contributed by atoms with Crippen molar-refractivity contribution in [1.82, 2.24) is 5.06 Å². The van der Waals surface area contributed by atoms with Crippen LogP contribution >= 0.6 is 0 Å². The van der Waals surface area contributed by atoms with Gasteiger partial charge < -0.3 is 10.2 Å². The average molecular weight is 284 g/mol. The lowest BCUT2D eigenvalue weighted by Gasteiger charge is -2.54. The molecule has 1 atom stereocenters. The van der Waals surface area contributed by atoms with E-state index < -0.39 is 5.60 Å². The zero-order valence-corrected chi connectivity index (χ0v) is 13.3. The Hall–Kier alpha value is -0.670. The van der Waals surface area contributed by atoms with Gasteiger partial charge in [0, 0.05) is 17.7 Å². The number of aliphatic hydroxyl groups excluding tert-OH is 2. The summed E-state index contributed by atoms with van der Waals surface area (Å²) in [6.07, 6.45) is 1.87. The molecule has 0 saturated carbocycles. The first-order valence-corrected chi connectivity index (χ1v) is 7.26. The van der Waals surface area contributed by atoms with Crippen LogP contribution in [0.3, 0.4) is 0 Å². The van der Waals surface area contributed by atoms with Crippen molar-refractivity contribution in [1.29, 1.82) is 5.26 Å². The van der Waals surface area contributed by atoms with Crippen molar-refractivity contribution >= 4 is 0 Å². The number of hydrogen-bond acceptors (Lipinski definition) is 5. The Morgan fingerprint density at radius 1 is 1.30 bits per heavy atom. The van der Waals surface area contributed by atoms with Crippen LogP contribution in [0, 0.1) is 11.3 Å². The molecule has 1 rings (SSSR count). The second-order valence-corrected chi connectivity index (χ2v) is 7.24. The molecule has 5 nitrogen and oxygen atoms in total. The Morgan fingerprint density at radius 3 is 2.20 bits per heavy atom. The molecule has 1 saturated heterocycles. The lowest BCUT2D eigenvalue weighted by molar-refractivity contribution is -0.329. The van der Waals surface area contributed by atoms with E-state index >= 15 is 0 Å². The maximum atomic E-state index is 10.0. The maximum Gasteiger partial charge on any atom is 0.173 e. The Morgan fingerprint density at radius 2 is 1.80 bits per heavy atom. The zero-order valence-electron chi connectivity index (χ0n) is 13.3. The highest BCUT2D eigenvalue weighted by Crippen LogP contribution is 2.40. The predicted molar refractivity (Wildman–Crippen MR) is 76.7 cm³/mol. The number of nitrogens with zero attached hydrogens (tertiary/aromatic N) is 2. The number of nitriles is 1. The number of rotatable bonds is 5. The summed E-state index contributed by atoms with van der Waals surface area (Å²) in [6.45, 7) is 9.86. The lowest BCUT2D eigenvalue weighted by Crippen LogP contribution is -2.63. The molecular formula is C15H28N2O3. The van der Waals surface area contributed by atoms with Gasteiger partial charge in [0.15, 0.2) is 5.60 Å². The average Bonchev–Trinajstić information content (AvgIpc) is 2.30. The van der Waals surface area contributed by atoms with Gasteiger partial charge in [-0.1, -0.05) is 0 Å². The molecule has 0 spiro atoms. The third-order valence-electron chi connectivity index (χ3n) is 3.91. The van der Waals surface area contributed by atoms with Crippen LogP contribution in [0.25, 0.3) is 0 Å². The van der Waals surface area contributed by atoms with Gasteiger partial charge in [-0.2, -0.15) is 10.3 Å². The van der Waals surface area contributed by atoms with Gasteiger partial charge in [-0.05, 0) is 60.3 Å². The van der Waals surface area contributed by atoms with Crippen LogP contribution in [0.1, 0.15) is 60.3 Å². The molecule has 1 heterocycles. The van der Waals surface area contributed by atoms with Gasteiger partial charge in [0.2, 0.25) is 0 Å². The summed E-state index contributed by atoms with van der Waals surface area (Å²) in [6, 6.07) is 2.21. The SMILES string of the molecule is CC(C#N)(CCCO)ON1C(C)(C)CC(O)CC1(C)C. The summed E-state index contributed by atoms with van der Waals surface area (Å²) >= 11 is 0. The first-order valence-electron chi connectivity index (χ1n) is 7.26. The van der Waals surface area contributed by atoms with Gasteiger partial charge >= 0.3 is 0 Å². The lowest BCUT2D eigenvalue weighted by atomic mass is 9.80. The molecule has 2 N–H and O–H groups in total. The summed E-state index contributed by atoms with van der Waals surface area (Å²) in [5.41, 5.74) is -1.66. The maximum absolute atomic E-state index is 10.0. The third kappa shape index (κ3) is 3.92. The molecule has 0 aromatic rings. The third-order valence-corrected chi connectivity index (χ3v) is 3.91. The van der Waals surface area contributed by atoms with Crippen molar-refractivity contribution in [3.8, 4) is 6.07 Å². The van der Waals surface area contributed by atoms with E-state index in [-0.39, 0.29) is 23.8 Å². The molecule has 1 aliphatic heterocycles. The van der Waals surface area contributed by atoms with Gasteiger partial charge in [0.25, 0.3) is 0 Å². The number of hydrogen-bond donors (Lipinski definition) is 2. The van der Waals surface area contributed by atoms with Gasteiger partial charge in [0.1, 0.15) is 0 Å². The Labute approximate surface area is 122 Å². The second-order valence-electron chi connectivity index (χ2n) is 7.24. The highest BCUT2D eigenvalue weighted by molar-refractivity contribution is 5.02. The Balaban J connectivity index is 2.94. The largest absolute Gasteiger partial charge is 0.396 e. The minimum atomic E-state index is -0.959. The first-order chi connectivity index (χ1) is 9.06. The fourth-order valence-corrected chi connectivity index (χ4v) is 3.20. The molecule has 0 aromatic carbocycles. The van der Waals surface area contributed by atoms with E-state index in [4.69, 9.17) is 9.94 Å². The van der Waals surface area contributed by atoms with Gasteiger partial charge in [0.05, 0.1) is 12.2 Å². The van der Waals surface area contributed by atoms with Crippen LogP contribution in [0.4, 0.5) is 0 Å². The molecule has 1 unspecified atom stereocenters. The fourth-order valence-electron chi connectivity index (χ4n) is 3.20. The van der Waals surface area contributed by atoms with Crippen molar-refractivity contribution in [2.45, 2.75) is 83.1 Å². The highest BCUT2D eigenvalue weighted by atomic mass is 16.7. The van der Waals surface area contributed by atoms with Crippen LogP contribution in [-0.4, -0.2) is 44.7 Å². The van der Waals surface area contributed by atoms with E-state index in [2.05, 4.69) is 6.07 Å². The predicted octanol–water partition coefficient (Wildman–Crippen LogP) is 1.99. The van der Waals surface area contributed by atoms with Crippen molar-refractivity contribution in [2.75, 3.05) is 6.61 Å². The summed E-state index contributed by atoms with van der Waals surface area (Å²) < 4.78 is 0. The Kier molecular flexibility index (Phi) is 5.20. The van der Waals surface area contributed by atoms with Crippen molar-refractivity contribution in [2.24, 2.45) is 0 Å². The van der Waals surface area contributed by atoms with E-state index in [1.807, 2.05) is 32.8 Å². The molecule has 0 aromatic heterocycles. The van der Waals surface area contributed by atoms with Crippen LogP contribution in [0.5, 0.6) is 0 Å². The van der Waals surface area contributed by atoms with Crippen LogP contribution in [0.2, 0.25) is 0 Å². The number of hydroxylamine groups is 2. The molecule has 0 aliphatic carbocycles. The van der Waals surface area contributed by atoms with Gasteiger partial charge in [-0.25, -0.2) is 0 Å². The van der Waals surface area contributed by atoms with Crippen molar-refractivity contribution in [3.05, 3.63) is 0 Å². The molecule has 0 amide bonds. The molecule has 1 aliphatic rings. The molecule has 1 fully saturated rings. The summed E-state index contributed by atoms with van der Waals surface area (Å²) in [4.78, 5) is 6.06. The smallest absolute Gasteiger partial charge is 0.173 e. The van der Waals surface area contributed by atoms with Gasteiger partial charge in [-0.3, -0.25) is 4.84 Å². The van der Waals surface area contributed by atoms with E-state index in [0.29, 0.717) is 25.7 Å². The quantitative estimate of drug-likeness (QED) is 0.807. The summed E-state index contributed by atoms with van der Waals surface area (Å²) in [5.74, 6) is 0. The van der Waals surface area contributed by atoms with E-state index in [1.165, 1.54) is 0 Å². The topological polar surface area (TPSA) is 76.7 Å². The van der Waals surface area contributed by atoms with E-state index in [0.717, 1.165) is 0 Å².